The Morgan fingerprint density at radius 3 is 2.62 bits per heavy atom. The Labute approximate surface area is 149 Å². The summed E-state index contributed by atoms with van der Waals surface area (Å²) in [5, 5.41) is 1.49. The number of amidine groups is 1. The van der Waals surface area contributed by atoms with Crippen molar-refractivity contribution >= 4 is 23.1 Å². The van der Waals surface area contributed by atoms with Crippen molar-refractivity contribution in [2.24, 2.45) is 10.9 Å². The molecular weight excluding hydrogens is 336 g/mol. The molecule has 0 bridgehead atoms. The lowest BCUT2D eigenvalue weighted by Gasteiger charge is -2.32. The zero-order chi connectivity index (χ0) is 18.3. The lowest BCUT2D eigenvalue weighted by Crippen LogP contribution is -2.47. The van der Waals surface area contributed by atoms with Crippen molar-refractivity contribution in [1.82, 2.24) is 10.4 Å². The van der Waals surface area contributed by atoms with E-state index >= 15 is 0 Å². The number of amides is 1. The topological polar surface area (TPSA) is 44.7 Å². The first-order valence-electron chi connectivity index (χ1n) is 8.43. The Bertz CT molecular complexity index is 917. The number of fused-ring (bicyclic) bond motifs is 1. The molecule has 0 aromatic heterocycles. The lowest BCUT2D eigenvalue weighted by atomic mass is 10.1. The van der Waals surface area contributed by atoms with E-state index in [1.165, 1.54) is 23.2 Å². The van der Waals surface area contributed by atoms with Crippen LogP contribution in [0, 0.1) is 17.6 Å². The first kappa shape index (κ1) is 16.4. The number of rotatable bonds is 4. The van der Waals surface area contributed by atoms with Crippen molar-refractivity contribution in [1.29, 1.82) is 0 Å². The molecule has 0 atom stereocenters. The predicted octanol–water partition coefficient (Wildman–Crippen LogP) is 3.97. The molecule has 26 heavy (non-hydrogen) atoms. The summed E-state index contributed by atoms with van der Waals surface area (Å²) in [5.41, 5.74) is 4.64. The summed E-state index contributed by atoms with van der Waals surface area (Å²) in [6.45, 7) is 3.97. The van der Waals surface area contributed by atoms with Gasteiger partial charge in [0.1, 0.15) is 17.5 Å². The van der Waals surface area contributed by atoms with Gasteiger partial charge in [-0.25, -0.2) is 18.8 Å². The van der Waals surface area contributed by atoms with Gasteiger partial charge < -0.3 is 0 Å². The molecule has 1 aliphatic heterocycles. The molecule has 2 aromatic rings. The maximum Gasteiger partial charge on any atom is 0.243 e. The largest absolute Gasteiger partial charge is 0.273 e. The van der Waals surface area contributed by atoms with Gasteiger partial charge in [-0.1, -0.05) is 24.8 Å². The van der Waals surface area contributed by atoms with Crippen LogP contribution in [0.3, 0.4) is 0 Å². The number of nitrogens with zero attached hydrogens (tertiary/aromatic N) is 2. The number of benzene rings is 2. The molecule has 1 amide bonds. The number of aliphatic imine (C=N–C) groups is 1. The zero-order valence-corrected chi connectivity index (χ0v) is 14.0. The molecule has 6 heteroatoms. The Hall–Kier alpha value is -3.02. The van der Waals surface area contributed by atoms with Crippen LogP contribution in [0.4, 0.5) is 14.5 Å². The van der Waals surface area contributed by atoms with Crippen molar-refractivity contribution in [2.75, 3.05) is 0 Å². The molecule has 0 radical (unpaired) electrons. The van der Waals surface area contributed by atoms with E-state index in [1.54, 1.807) is 24.3 Å². The minimum Gasteiger partial charge on any atom is -0.273 e. The summed E-state index contributed by atoms with van der Waals surface area (Å²) in [5.74, 6) is -0.168. The smallest absolute Gasteiger partial charge is 0.243 e. The second-order valence-corrected chi connectivity index (χ2v) is 6.50. The molecule has 1 aliphatic carbocycles. The molecule has 0 spiro atoms. The van der Waals surface area contributed by atoms with E-state index in [4.69, 9.17) is 0 Å². The van der Waals surface area contributed by atoms with Crippen LogP contribution in [-0.2, 0) is 11.2 Å². The van der Waals surface area contributed by atoms with Gasteiger partial charge in [0.05, 0.1) is 23.4 Å². The first-order valence-corrected chi connectivity index (χ1v) is 8.43. The SMILES string of the molecule is C=C1c2c(F)cccc2N=C(C2CC2)N1NC(=O)Cc1ccc(F)cc1. The maximum absolute atomic E-state index is 14.3. The van der Waals surface area contributed by atoms with Crippen LogP contribution in [0.1, 0.15) is 24.0 Å². The van der Waals surface area contributed by atoms with E-state index in [-0.39, 0.29) is 24.1 Å². The van der Waals surface area contributed by atoms with Crippen molar-refractivity contribution in [3.05, 3.63) is 71.8 Å². The number of carbonyl (C=O) groups excluding carboxylic acids is 1. The fraction of sp³-hybridized carbons (Fsp3) is 0.200. The van der Waals surface area contributed by atoms with E-state index in [1.807, 2.05) is 0 Å². The number of carbonyl (C=O) groups is 1. The molecule has 0 saturated heterocycles. The molecule has 2 aromatic carbocycles. The number of halogens is 2. The minimum atomic E-state index is -0.427. The van der Waals surface area contributed by atoms with Crippen molar-refractivity contribution < 1.29 is 13.6 Å². The summed E-state index contributed by atoms with van der Waals surface area (Å²) >= 11 is 0. The summed E-state index contributed by atoms with van der Waals surface area (Å²) in [7, 11) is 0. The third kappa shape index (κ3) is 3.10. The highest BCUT2D eigenvalue weighted by Crippen LogP contribution is 2.41. The van der Waals surface area contributed by atoms with Gasteiger partial charge in [0, 0.05) is 5.92 Å². The van der Waals surface area contributed by atoms with Crippen LogP contribution < -0.4 is 5.43 Å². The van der Waals surface area contributed by atoms with Gasteiger partial charge in [-0.3, -0.25) is 10.2 Å². The van der Waals surface area contributed by atoms with Gasteiger partial charge in [-0.05, 0) is 42.7 Å². The van der Waals surface area contributed by atoms with E-state index in [2.05, 4.69) is 17.0 Å². The molecule has 1 heterocycles. The van der Waals surface area contributed by atoms with Crippen LogP contribution >= 0.6 is 0 Å². The van der Waals surface area contributed by atoms with E-state index in [0.29, 0.717) is 28.3 Å². The van der Waals surface area contributed by atoms with Crippen LogP contribution in [0.15, 0.2) is 54.0 Å². The molecule has 2 aliphatic rings. The Morgan fingerprint density at radius 1 is 1.19 bits per heavy atom. The normalized spacial score (nSPS) is 16.2. The fourth-order valence-electron chi connectivity index (χ4n) is 3.01. The van der Waals surface area contributed by atoms with Crippen LogP contribution in [0.2, 0.25) is 0 Å². The molecule has 4 rings (SSSR count). The fourth-order valence-corrected chi connectivity index (χ4v) is 3.01. The van der Waals surface area contributed by atoms with Crippen molar-refractivity contribution in [3.63, 3.8) is 0 Å². The van der Waals surface area contributed by atoms with Gasteiger partial charge in [0.15, 0.2) is 0 Å². The van der Waals surface area contributed by atoms with E-state index in [0.717, 1.165) is 12.8 Å². The third-order valence-electron chi connectivity index (χ3n) is 4.47. The summed E-state index contributed by atoms with van der Waals surface area (Å²) in [6, 6.07) is 10.4. The molecule has 132 valence electrons. The molecule has 4 nitrogen and oxygen atoms in total. The Kier molecular flexibility index (Phi) is 4.03. The molecule has 1 saturated carbocycles. The van der Waals surface area contributed by atoms with Gasteiger partial charge in [0.25, 0.3) is 0 Å². The van der Waals surface area contributed by atoms with Gasteiger partial charge in [-0.15, -0.1) is 0 Å². The quantitative estimate of drug-likeness (QED) is 0.904. The van der Waals surface area contributed by atoms with Crippen LogP contribution in [0.5, 0.6) is 0 Å². The number of nitrogens with one attached hydrogen (secondary N) is 1. The van der Waals surface area contributed by atoms with Crippen molar-refractivity contribution in [2.45, 2.75) is 19.3 Å². The lowest BCUT2D eigenvalue weighted by molar-refractivity contribution is -0.122. The average molecular weight is 353 g/mol. The molecule has 1 N–H and O–H groups in total. The highest BCUT2D eigenvalue weighted by molar-refractivity contribution is 6.01. The van der Waals surface area contributed by atoms with E-state index in [9.17, 15) is 13.6 Å². The summed E-state index contributed by atoms with van der Waals surface area (Å²) in [4.78, 5) is 17.0. The number of hydrazine groups is 1. The second kappa shape index (κ2) is 6.37. The van der Waals surface area contributed by atoms with E-state index < -0.39 is 5.82 Å². The van der Waals surface area contributed by atoms with Gasteiger partial charge in [-0.2, -0.15) is 0 Å². The minimum absolute atomic E-state index is 0.0755. The standard InChI is InChI=1S/C20H17F2N3O/c1-12-19-16(22)3-2-4-17(19)23-20(14-7-8-14)25(12)24-18(26)11-13-5-9-15(21)10-6-13/h2-6,9-10,14H,1,7-8,11H2,(H,24,26). The van der Waals surface area contributed by atoms with Crippen LogP contribution in [-0.4, -0.2) is 16.8 Å². The first-order chi connectivity index (χ1) is 12.5. The highest BCUT2D eigenvalue weighted by atomic mass is 19.1. The molecule has 1 fully saturated rings. The van der Waals surface area contributed by atoms with Crippen LogP contribution in [0.25, 0.3) is 5.70 Å². The molecular formula is C20H17F2N3O. The number of hydrogen-bond acceptors (Lipinski definition) is 3. The molecule has 0 unspecified atom stereocenters. The summed E-state index contributed by atoms with van der Waals surface area (Å²) < 4.78 is 27.3. The Morgan fingerprint density at radius 2 is 1.92 bits per heavy atom. The zero-order valence-electron chi connectivity index (χ0n) is 14.0. The Balaban J connectivity index is 1.58. The maximum atomic E-state index is 14.3. The van der Waals surface area contributed by atoms with Gasteiger partial charge >= 0.3 is 0 Å². The second-order valence-electron chi connectivity index (χ2n) is 6.50. The third-order valence-corrected chi connectivity index (χ3v) is 4.47. The monoisotopic (exact) mass is 353 g/mol. The highest BCUT2D eigenvalue weighted by Gasteiger charge is 2.37. The van der Waals surface area contributed by atoms with Gasteiger partial charge in [0.2, 0.25) is 5.91 Å². The number of hydrogen-bond donors (Lipinski definition) is 1. The van der Waals surface area contributed by atoms with Crippen molar-refractivity contribution in [3.8, 4) is 0 Å². The predicted molar refractivity (Wildman–Crippen MR) is 95.3 cm³/mol. The average Bonchev–Trinajstić information content (AvgIpc) is 3.44. The summed E-state index contributed by atoms with van der Waals surface area (Å²) in [6.07, 6.45) is 2.02.